The van der Waals surface area contributed by atoms with Crippen LogP contribution in [0.15, 0.2) is 48.5 Å². The van der Waals surface area contributed by atoms with Crippen molar-refractivity contribution < 1.29 is 13.6 Å². The van der Waals surface area contributed by atoms with Gasteiger partial charge in [0.05, 0.1) is 0 Å². The van der Waals surface area contributed by atoms with Crippen LogP contribution in [0.2, 0.25) is 0 Å². The van der Waals surface area contributed by atoms with Gasteiger partial charge in [0.2, 0.25) is 0 Å². The van der Waals surface area contributed by atoms with E-state index in [-0.39, 0.29) is 0 Å². The van der Waals surface area contributed by atoms with Crippen LogP contribution in [0.4, 0.5) is 8.78 Å². The van der Waals surface area contributed by atoms with Crippen molar-refractivity contribution in [1.82, 2.24) is 4.90 Å². The number of rotatable bonds is 3. The topological polar surface area (TPSA) is 20.3 Å². The Morgan fingerprint density at radius 2 is 1.58 bits per heavy atom. The van der Waals surface area contributed by atoms with Crippen LogP contribution in [0, 0.1) is 11.6 Å². The zero-order valence-corrected chi connectivity index (χ0v) is 10.4. The van der Waals surface area contributed by atoms with E-state index in [4.69, 9.17) is 0 Å². The van der Waals surface area contributed by atoms with E-state index in [0.717, 1.165) is 17.7 Å². The highest BCUT2D eigenvalue weighted by Crippen LogP contribution is 2.15. The molecule has 2 rings (SSSR count). The fourth-order valence-corrected chi connectivity index (χ4v) is 1.82. The standard InChI is InChI=1S/C15H13F2NO/c1-18(10-11-6-3-2-4-7-11)15(19)14-12(16)8-5-9-13(14)17/h2-9H,10H2,1H3. The maximum absolute atomic E-state index is 13.5. The van der Waals surface area contributed by atoms with E-state index < -0.39 is 23.1 Å². The summed E-state index contributed by atoms with van der Waals surface area (Å²) in [6.07, 6.45) is 0. The monoisotopic (exact) mass is 261 g/mol. The number of carbonyl (C=O) groups excluding carboxylic acids is 1. The van der Waals surface area contributed by atoms with Crippen molar-refractivity contribution in [2.24, 2.45) is 0 Å². The van der Waals surface area contributed by atoms with Crippen molar-refractivity contribution in [3.8, 4) is 0 Å². The van der Waals surface area contributed by atoms with Gasteiger partial charge in [-0.3, -0.25) is 4.79 Å². The second-order valence-corrected chi connectivity index (χ2v) is 4.24. The van der Waals surface area contributed by atoms with Gasteiger partial charge < -0.3 is 4.90 Å². The van der Waals surface area contributed by atoms with Crippen LogP contribution in [0.1, 0.15) is 15.9 Å². The Labute approximate surface area is 110 Å². The number of amides is 1. The summed E-state index contributed by atoms with van der Waals surface area (Å²) in [6, 6.07) is 12.6. The molecule has 2 aromatic carbocycles. The summed E-state index contributed by atoms with van der Waals surface area (Å²) in [5.74, 6) is -2.35. The maximum Gasteiger partial charge on any atom is 0.259 e. The van der Waals surface area contributed by atoms with Crippen LogP contribution < -0.4 is 0 Å². The van der Waals surface area contributed by atoms with Crippen molar-refractivity contribution >= 4 is 5.91 Å². The molecule has 0 aromatic heterocycles. The molecule has 0 atom stereocenters. The molecular weight excluding hydrogens is 248 g/mol. The minimum absolute atomic E-state index is 0.299. The molecule has 98 valence electrons. The van der Waals surface area contributed by atoms with E-state index in [1.807, 2.05) is 30.3 Å². The first-order valence-corrected chi connectivity index (χ1v) is 5.83. The van der Waals surface area contributed by atoms with Crippen LogP contribution >= 0.6 is 0 Å². The summed E-state index contributed by atoms with van der Waals surface area (Å²) in [4.78, 5) is 13.3. The Balaban J connectivity index is 2.20. The summed E-state index contributed by atoms with van der Waals surface area (Å²) in [6.45, 7) is 0.299. The molecule has 0 saturated heterocycles. The Morgan fingerprint density at radius 3 is 2.16 bits per heavy atom. The third-order valence-electron chi connectivity index (χ3n) is 2.79. The summed E-state index contributed by atoms with van der Waals surface area (Å²) in [5.41, 5.74) is 0.385. The van der Waals surface area contributed by atoms with Gasteiger partial charge in [0, 0.05) is 13.6 Å². The molecule has 19 heavy (non-hydrogen) atoms. The number of nitrogens with zero attached hydrogens (tertiary/aromatic N) is 1. The van der Waals surface area contributed by atoms with Crippen LogP contribution in [0.3, 0.4) is 0 Å². The summed E-state index contributed by atoms with van der Waals surface area (Å²) < 4.78 is 27.0. The molecule has 0 heterocycles. The number of halogens is 2. The van der Waals surface area contributed by atoms with Gasteiger partial charge >= 0.3 is 0 Å². The lowest BCUT2D eigenvalue weighted by Crippen LogP contribution is -2.28. The Hall–Kier alpha value is -2.23. The molecule has 4 heteroatoms. The van der Waals surface area contributed by atoms with E-state index >= 15 is 0 Å². The first kappa shape index (κ1) is 13.2. The average Bonchev–Trinajstić information content (AvgIpc) is 2.39. The minimum atomic E-state index is -0.843. The van der Waals surface area contributed by atoms with Crippen molar-refractivity contribution in [1.29, 1.82) is 0 Å². The molecule has 2 nitrogen and oxygen atoms in total. The molecule has 0 aliphatic rings. The molecule has 1 amide bonds. The maximum atomic E-state index is 13.5. The van der Waals surface area contributed by atoms with Gasteiger partial charge in [0.25, 0.3) is 5.91 Å². The van der Waals surface area contributed by atoms with Gasteiger partial charge in [0.15, 0.2) is 0 Å². The van der Waals surface area contributed by atoms with Crippen LogP contribution in [-0.4, -0.2) is 17.9 Å². The molecule has 2 aromatic rings. The van der Waals surface area contributed by atoms with Crippen molar-refractivity contribution in [3.05, 3.63) is 71.3 Å². The number of carbonyl (C=O) groups is 1. The molecule has 0 saturated carbocycles. The molecule has 0 spiro atoms. The summed E-state index contributed by atoms with van der Waals surface area (Å²) in [7, 11) is 1.52. The number of hydrogen-bond acceptors (Lipinski definition) is 1. The van der Waals surface area contributed by atoms with Gasteiger partial charge in [-0.1, -0.05) is 36.4 Å². The molecule has 0 unspecified atom stereocenters. The highest BCUT2D eigenvalue weighted by atomic mass is 19.1. The molecule has 0 bridgehead atoms. The van der Waals surface area contributed by atoms with E-state index in [0.29, 0.717) is 6.54 Å². The first-order valence-electron chi connectivity index (χ1n) is 5.83. The SMILES string of the molecule is CN(Cc1ccccc1)C(=O)c1c(F)cccc1F. The van der Waals surface area contributed by atoms with Crippen molar-refractivity contribution in [2.45, 2.75) is 6.54 Å². The lowest BCUT2D eigenvalue weighted by Gasteiger charge is -2.18. The zero-order chi connectivity index (χ0) is 13.8. The van der Waals surface area contributed by atoms with Crippen LogP contribution in [-0.2, 0) is 6.54 Å². The summed E-state index contributed by atoms with van der Waals surface area (Å²) >= 11 is 0. The van der Waals surface area contributed by atoms with Crippen LogP contribution in [0.25, 0.3) is 0 Å². The predicted molar refractivity (Wildman–Crippen MR) is 68.6 cm³/mol. The quantitative estimate of drug-likeness (QED) is 0.830. The molecule has 0 radical (unpaired) electrons. The van der Waals surface area contributed by atoms with Crippen molar-refractivity contribution in [3.63, 3.8) is 0 Å². The fraction of sp³-hybridized carbons (Fsp3) is 0.133. The Morgan fingerprint density at radius 1 is 1.00 bits per heavy atom. The lowest BCUT2D eigenvalue weighted by atomic mass is 10.1. The second-order valence-electron chi connectivity index (χ2n) is 4.24. The van der Waals surface area contributed by atoms with Crippen LogP contribution in [0.5, 0.6) is 0 Å². The van der Waals surface area contributed by atoms with E-state index in [1.54, 1.807) is 0 Å². The highest BCUT2D eigenvalue weighted by molar-refractivity contribution is 5.94. The van der Waals surface area contributed by atoms with Crippen molar-refractivity contribution in [2.75, 3.05) is 7.05 Å². The highest BCUT2D eigenvalue weighted by Gasteiger charge is 2.20. The first-order chi connectivity index (χ1) is 9.09. The smallest absolute Gasteiger partial charge is 0.259 e. The third-order valence-corrected chi connectivity index (χ3v) is 2.79. The molecule has 0 fully saturated rings. The third kappa shape index (κ3) is 2.96. The molecule has 0 aliphatic heterocycles. The van der Waals surface area contributed by atoms with Gasteiger partial charge in [-0.2, -0.15) is 0 Å². The number of hydrogen-bond donors (Lipinski definition) is 0. The van der Waals surface area contributed by atoms with Gasteiger partial charge in [0.1, 0.15) is 17.2 Å². The average molecular weight is 261 g/mol. The molecule has 0 aliphatic carbocycles. The van der Waals surface area contributed by atoms with E-state index in [2.05, 4.69) is 0 Å². The van der Waals surface area contributed by atoms with E-state index in [9.17, 15) is 13.6 Å². The second kappa shape index (κ2) is 5.61. The number of benzene rings is 2. The normalized spacial score (nSPS) is 10.3. The Kier molecular flexibility index (Phi) is 3.90. The fourth-order valence-electron chi connectivity index (χ4n) is 1.82. The lowest BCUT2D eigenvalue weighted by molar-refractivity contribution is 0.0775. The van der Waals surface area contributed by atoms with E-state index in [1.165, 1.54) is 18.0 Å². The van der Waals surface area contributed by atoms with Gasteiger partial charge in [-0.25, -0.2) is 8.78 Å². The predicted octanol–water partition coefficient (Wildman–Crippen LogP) is 3.24. The van der Waals surface area contributed by atoms with Gasteiger partial charge in [-0.15, -0.1) is 0 Å². The largest absolute Gasteiger partial charge is 0.337 e. The zero-order valence-electron chi connectivity index (χ0n) is 10.4. The Bertz CT molecular complexity index is 564. The minimum Gasteiger partial charge on any atom is -0.337 e. The molecule has 0 N–H and O–H groups in total. The summed E-state index contributed by atoms with van der Waals surface area (Å²) in [5, 5.41) is 0. The molecular formula is C15H13F2NO. The van der Waals surface area contributed by atoms with Gasteiger partial charge in [-0.05, 0) is 17.7 Å².